The fourth-order valence-electron chi connectivity index (χ4n) is 3.54. The van der Waals surface area contributed by atoms with E-state index in [1.807, 2.05) is 7.05 Å². The number of hydrogen-bond donors (Lipinski definition) is 0. The van der Waals surface area contributed by atoms with Crippen molar-refractivity contribution < 1.29 is 4.79 Å². The van der Waals surface area contributed by atoms with Crippen LogP contribution in [0.4, 0.5) is 5.82 Å². The van der Waals surface area contributed by atoms with Gasteiger partial charge in [-0.25, -0.2) is 9.98 Å². The summed E-state index contributed by atoms with van der Waals surface area (Å²) >= 11 is 3.41. The van der Waals surface area contributed by atoms with Gasteiger partial charge in [-0.15, -0.1) is 0 Å². The Bertz CT molecular complexity index is 643. The first-order chi connectivity index (χ1) is 9.52. The van der Waals surface area contributed by atoms with Gasteiger partial charge in [0.05, 0.1) is 12.1 Å². The van der Waals surface area contributed by atoms with Crippen molar-refractivity contribution in [2.24, 2.45) is 12.0 Å². The van der Waals surface area contributed by atoms with Gasteiger partial charge < -0.3 is 4.57 Å². The number of aliphatic imine (C=N–C) groups is 1. The molecule has 3 heterocycles. The molecule has 1 aliphatic carbocycles. The van der Waals surface area contributed by atoms with Gasteiger partial charge in [0.1, 0.15) is 0 Å². The lowest BCUT2D eigenvalue weighted by atomic mass is 9.99. The number of aromatic nitrogens is 2. The third-order valence-electron chi connectivity index (χ3n) is 4.65. The summed E-state index contributed by atoms with van der Waals surface area (Å²) in [6.45, 7) is 0.844. The molecule has 0 saturated heterocycles. The molecule has 1 saturated carbocycles. The first-order valence-electron chi connectivity index (χ1n) is 6.90. The van der Waals surface area contributed by atoms with E-state index in [4.69, 9.17) is 4.99 Å². The van der Waals surface area contributed by atoms with E-state index in [1.165, 1.54) is 12.8 Å². The number of imidazole rings is 1. The number of nitrogens with zero attached hydrogens (tertiary/aromatic N) is 5. The second-order valence-electron chi connectivity index (χ2n) is 5.91. The Hall–Kier alpha value is -1.37. The summed E-state index contributed by atoms with van der Waals surface area (Å²) in [6, 6.07) is 0. The molecular weight excluding hydrogens is 322 g/mol. The minimum absolute atomic E-state index is 0.00448. The first kappa shape index (κ1) is 12.4. The lowest BCUT2D eigenvalue weighted by Gasteiger charge is -2.31. The van der Waals surface area contributed by atoms with E-state index >= 15 is 0 Å². The monoisotopic (exact) mass is 337 g/mol. The highest BCUT2D eigenvalue weighted by Gasteiger charge is 2.48. The van der Waals surface area contributed by atoms with E-state index < -0.39 is 0 Å². The number of anilines is 1. The van der Waals surface area contributed by atoms with Gasteiger partial charge in [-0.3, -0.25) is 14.6 Å². The van der Waals surface area contributed by atoms with Crippen LogP contribution in [0.5, 0.6) is 0 Å². The van der Waals surface area contributed by atoms with E-state index in [1.54, 1.807) is 16.5 Å². The molecule has 20 heavy (non-hydrogen) atoms. The van der Waals surface area contributed by atoms with Crippen molar-refractivity contribution in [3.8, 4) is 0 Å². The van der Waals surface area contributed by atoms with Crippen molar-refractivity contribution in [1.82, 2.24) is 14.5 Å². The van der Waals surface area contributed by atoms with E-state index in [0.717, 1.165) is 31.2 Å². The molecule has 0 N–H and O–H groups in total. The topological polar surface area (TPSA) is 53.7 Å². The third kappa shape index (κ3) is 1.41. The molecule has 1 fully saturated rings. The quantitative estimate of drug-likeness (QED) is 0.724. The van der Waals surface area contributed by atoms with Crippen molar-refractivity contribution >= 4 is 33.6 Å². The van der Waals surface area contributed by atoms with Crippen LogP contribution in [0.15, 0.2) is 9.73 Å². The highest BCUT2D eigenvalue weighted by molar-refractivity contribution is 9.10. The van der Waals surface area contributed by atoms with Gasteiger partial charge in [0.15, 0.2) is 16.2 Å². The summed E-state index contributed by atoms with van der Waals surface area (Å²) in [7, 11) is 3.65. The maximum Gasteiger partial charge on any atom is 0.280 e. The van der Waals surface area contributed by atoms with Crippen LogP contribution in [0.3, 0.4) is 0 Å². The van der Waals surface area contributed by atoms with Crippen molar-refractivity contribution in [3.05, 3.63) is 10.4 Å². The Balaban J connectivity index is 1.87. The molecule has 6 nitrogen and oxygen atoms in total. The molecule has 4 rings (SSSR count). The van der Waals surface area contributed by atoms with E-state index in [-0.39, 0.29) is 11.4 Å². The molecule has 2 aliphatic heterocycles. The molecular formula is C13H16BrN5O. The molecule has 3 aliphatic rings. The number of rotatable bonds is 0. The number of guanidine groups is 1. The zero-order valence-corrected chi connectivity index (χ0v) is 13.1. The molecule has 0 bridgehead atoms. The lowest BCUT2D eigenvalue weighted by molar-refractivity contribution is 0.0856. The zero-order chi connectivity index (χ0) is 14.1. The van der Waals surface area contributed by atoms with Crippen molar-refractivity contribution in [2.75, 3.05) is 18.5 Å². The summed E-state index contributed by atoms with van der Waals surface area (Å²) in [6.07, 6.45) is 4.67. The fraction of sp³-hybridized carbons (Fsp3) is 0.615. The van der Waals surface area contributed by atoms with Crippen molar-refractivity contribution in [2.45, 2.75) is 31.2 Å². The van der Waals surface area contributed by atoms with Gasteiger partial charge >= 0.3 is 0 Å². The average Bonchev–Trinajstić information content (AvgIpc) is 3.09. The van der Waals surface area contributed by atoms with Gasteiger partial charge in [-0.1, -0.05) is 12.8 Å². The Morgan fingerprint density at radius 3 is 2.65 bits per heavy atom. The van der Waals surface area contributed by atoms with Crippen LogP contribution in [0.2, 0.25) is 0 Å². The largest absolute Gasteiger partial charge is 0.316 e. The van der Waals surface area contributed by atoms with Gasteiger partial charge in [-0.05, 0) is 28.8 Å². The Morgan fingerprint density at radius 2 is 1.95 bits per heavy atom. The minimum atomic E-state index is -0.0363. The molecule has 7 heteroatoms. The summed E-state index contributed by atoms with van der Waals surface area (Å²) < 4.78 is 2.47. The van der Waals surface area contributed by atoms with Crippen LogP contribution in [-0.4, -0.2) is 45.4 Å². The summed E-state index contributed by atoms with van der Waals surface area (Å²) in [4.78, 5) is 25.7. The Kier molecular flexibility index (Phi) is 2.38. The molecule has 106 valence electrons. The predicted octanol–water partition coefficient (Wildman–Crippen LogP) is 1.76. The van der Waals surface area contributed by atoms with Crippen molar-refractivity contribution in [3.63, 3.8) is 0 Å². The smallest absolute Gasteiger partial charge is 0.280 e. The van der Waals surface area contributed by atoms with E-state index in [0.29, 0.717) is 10.4 Å². The number of carbonyl (C=O) groups is 1. The second-order valence-corrected chi connectivity index (χ2v) is 6.61. The number of halogens is 1. The van der Waals surface area contributed by atoms with Crippen LogP contribution in [0, 0.1) is 0 Å². The molecule has 0 aromatic carbocycles. The second kappa shape index (κ2) is 3.84. The standard InChI is InChI=1S/C13H16BrN5O/c1-17-8-9(15-11(17)14)19-7-13(5-3-4-6-13)16-12(19)18(2)10(8)20/h3-7H2,1-2H3. The SMILES string of the molecule is CN1C(=O)c2c(nc(Br)n2C)N2CC3(CCCC3)N=C12. The van der Waals surface area contributed by atoms with Gasteiger partial charge in [0.2, 0.25) is 5.96 Å². The van der Waals surface area contributed by atoms with Gasteiger partial charge in [0, 0.05) is 14.1 Å². The molecule has 0 atom stereocenters. The number of hydrogen-bond acceptors (Lipinski definition) is 4. The summed E-state index contributed by atoms with van der Waals surface area (Å²) in [5, 5.41) is 0. The molecule has 0 radical (unpaired) electrons. The van der Waals surface area contributed by atoms with E-state index in [2.05, 4.69) is 25.8 Å². The maximum absolute atomic E-state index is 12.5. The normalized spacial score (nSPS) is 23.4. The number of fused-ring (bicyclic) bond motifs is 3. The molecule has 1 spiro atoms. The summed E-state index contributed by atoms with van der Waals surface area (Å²) in [5.41, 5.74) is 0.628. The highest BCUT2D eigenvalue weighted by Crippen LogP contribution is 2.42. The Morgan fingerprint density at radius 1 is 1.25 bits per heavy atom. The summed E-state index contributed by atoms with van der Waals surface area (Å²) in [5.74, 6) is 1.46. The average molecular weight is 338 g/mol. The minimum Gasteiger partial charge on any atom is -0.316 e. The molecule has 1 aromatic rings. The zero-order valence-electron chi connectivity index (χ0n) is 11.6. The number of carbonyl (C=O) groups excluding carboxylic acids is 1. The lowest BCUT2D eigenvalue weighted by Crippen LogP contribution is -2.49. The van der Waals surface area contributed by atoms with Crippen LogP contribution < -0.4 is 4.90 Å². The molecule has 1 aromatic heterocycles. The molecule has 1 amide bonds. The first-order valence-corrected chi connectivity index (χ1v) is 7.69. The van der Waals surface area contributed by atoms with Crippen LogP contribution in [-0.2, 0) is 7.05 Å². The van der Waals surface area contributed by atoms with Crippen LogP contribution in [0.25, 0.3) is 0 Å². The fourth-order valence-corrected chi connectivity index (χ4v) is 3.88. The third-order valence-corrected chi connectivity index (χ3v) is 5.36. The number of amides is 1. The predicted molar refractivity (Wildman–Crippen MR) is 79.0 cm³/mol. The van der Waals surface area contributed by atoms with Gasteiger partial charge in [0.25, 0.3) is 5.91 Å². The van der Waals surface area contributed by atoms with E-state index in [9.17, 15) is 4.79 Å². The molecule has 0 unspecified atom stereocenters. The maximum atomic E-state index is 12.5. The van der Waals surface area contributed by atoms with Crippen LogP contribution in [0.1, 0.15) is 36.2 Å². The highest BCUT2D eigenvalue weighted by atomic mass is 79.9. The van der Waals surface area contributed by atoms with Crippen LogP contribution >= 0.6 is 15.9 Å². The van der Waals surface area contributed by atoms with Crippen molar-refractivity contribution in [1.29, 1.82) is 0 Å². The van der Waals surface area contributed by atoms with Gasteiger partial charge in [-0.2, -0.15) is 0 Å². The Labute approximate surface area is 125 Å².